The SMILES string of the molecule is CC(C)OC(=O)CCCC=CC[C@H]1[C@@H](O)CC(=O)[C@@H]1CCC(O)CCc1ccccc1. The van der Waals surface area contributed by atoms with Gasteiger partial charge in [-0.2, -0.15) is 0 Å². The second-order valence-corrected chi connectivity index (χ2v) is 8.90. The molecule has 0 bridgehead atoms. The van der Waals surface area contributed by atoms with E-state index < -0.39 is 12.2 Å². The Balaban J connectivity index is 1.71. The average molecular weight is 431 g/mol. The molecule has 0 aromatic heterocycles. The molecule has 0 amide bonds. The highest BCUT2D eigenvalue weighted by Gasteiger charge is 2.40. The van der Waals surface area contributed by atoms with E-state index in [4.69, 9.17) is 4.74 Å². The number of carbonyl (C=O) groups excluding carboxylic acids is 2. The van der Waals surface area contributed by atoms with E-state index in [1.165, 1.54) is 5.56 Å². The predicted molar refractivity (Wildman–Crippen MR) is 121 cm³/mol. The van der Waals surface area contributed by atoms with Crippen molar-refractivity contribution in [2.75, 3.05) is 0 Å². The summed E-state index contributed by atoms with van der Waals surface area (Å²) in [5.41, 5.74) is 1.20. The summed E-state index contributed by atoms with van der Waals surface area (Å²) in [5, 5.41) is 20.7. The van der Waals surface area contributed by atoms with Gasteiger partial charge in [0.25, 0.3) is 0 Å². The number of hydrogen-bond acceptors (Lipinski definition) is 5. The van der Waals surface area contributed by atoms with Gasteiger partial charge in [-0.3, -0.25) is 9.59 Å². The normalized spacial score (nSPS) is 22.4. The number of aliphatic hydroxyl groups excluding tert-OH is 2. The molecule has 1 aromatic rings. The van der Waals surface area contributed by atoms with Crippen LogP contribution in [0.2, 0.25) is 0 Å². The van der Waals surface area contributed by atoms with E-state index in [9.17, 15) is 19.8 Å². The Morgan fingerprint density at radius 2 is 1.94 bits per heavy atom. The monoisotopic (exact) mass is 430 g/mol. The van der Waals surface area contributed by atoms with Crippen molar-refractivity contribution in [3.63, 3.8) is 0 Å². The molecule has 0 spiro atoms. The maximum Gasteiger partial charge on any atom is 0.306 e. The van der Waals surface area contributed by atoms with Gasteiger partial charge in [0.1, 0.15) is 5.78 Å². The third kappa shape index (κ3) is 9.36. The molecule has 1 saturated carbocycles. The quantitative estimate of drug-likeness (QED) is 0.275. The lowest BCUT2D eigenvalue weighted by molar-refractivity contribution is -0.147. The highest BCUT2D eigenvalue weighted by atomic mass is 16.5. The predicted octanol–water partition coefficient (Wildman–Crippen LogP) is 4.39. The number of Topliss-reactive ketones (excluding diaryl/α,β-unsaturated/α-hetero) is 1. The molecule has 1 unspecified atom stereocenters. The van der Waals surface area contributed by atoms with Crippen LogP contribution in [0.25, 0.3) is 0 Å². The van der Waals surface area contributed by atoms with Gasteiger partial charge in [0.15, 0.2) is 0 Å². The van der Waals surface area contributed by atoms with E-state index in [-0.39, 0.29) is 36.1 Å². The number of ketones is 1. The molecule has 172 valence electrons. The Hall–Kier alpha value is -1.98. The van der Waals surface area contributed by atoms with Gasteiger partial charge in [-0.1, -0.05) is 42.5 Å². The fourth-order valence-corrected chi connectivity index (χ4v) is 4.26. The zero-order valence-electron chi connectivity index (χ0n) is 18.9. The zero-order valence-corrected chi connectivity index (χ0v) is 18.9. The van der Waals surface area contributed by atoms with E-state index in [2.05, 4.69) is 12.1 Å². The summed E-state index contributed by atoms with van der Waals surface area (Å²) in [7, 11) is 0. The first-order chi connectivity index (χ1) is 14.9. The summed E-state index contributed by atoms with van der Waals surface area (Å²) in [6.07, 6.45) is 8.35. The number of ether oxygens (including phenoxy) is 1. The lowest BCUT2D eigenvalue weighted by Gasteiger charge is -2.21. The molecule has 1 fully saturated rings. The topological polar surface area (TPSA) is 83.8 Å². The number of allylic oxidation sites excluding steroid dienone is 2. The molecule has 0 saturated heterocycles. The molecule has 0 heterocycles. The summed E-state index contributed by atoms with van der Waals surface area (Å²) in [4.78, 5) is 23.9. The lowest BCUT2D eigenvalue weighted by Crippen LogP contribution is -2.22. The molecule has 4 atom stereocenters. The van der Waals surface area contributed by atoms with E-state index in [0.29, 0.717) is 32.1 Å². The Kier molecular flexibility index (Phi) is 11.0. The van der Waals surface area contributed by atoms with Gasteiger partial charge in [0, 0.05) is 18.8 Å². The number of benzene rings is 1. The number of hydrogen-bond donors (Lipinski definition) is 2. The summed E-state index contributed by atoms with van der Waals surface area (Å²) in [6.45, 7) is 3.68. The molecule has 1 aliphatic carbocycles. The molecule has 0 radical (unpaired) electrons. The first-order valence-electron chi connectivity index (χ1n) is 11.6. The molecule has 5 heteroatoms. The van der Waals surface area contributed by atoms with Crippen molar-refractivity contribution in [1.82, 2.24) is 0 Å². The lowest BCUT2D eigenvalue weighted by atomic mass is 9.86. The van der Waals surface area contributed by atoms with Crippen LogP contribution in [0.1, 0.15) is 70.8 Å². The maximum absolute atomic E-state index is 12.4. The Bertz CT molecular complexity index is 697. The fourth-order valence-electron chi connectivity index (χ4n) is 4.26. The largest absolute Gasteiger partial charge is 0.463 e. The summed E-state index contributed by atoms with van der Waals surface area (Å²) >= 11 is 0. The minimum Gasteiger partial charge on any atom is -0.463 e. The third-order valence-corrected chi connectivity index (χ3v) is 5.95. The van der Waals surface area contributed by atoms with Crippen molar-refractivity contribution in [2.24, 2.45) is 11.8 Å². The first kappa shape index (κ1) is 25.3. The van der Waals surface area contributed by atoms with Crippen LogP contribution < -0.4 is 0 Å². The molecule has 2 rings (SSSR count). The van der Waals surface area contributed by atoms with Crippen LogP contribution in [0.5, 0.6) is 0 Å². The molecule has 5 nitrogen and oxygen atoms in total. The molecule has 31 heavy (non-hydrogen) atoms. The van der Waals surface area contributed by atoms with Gasteiger partial charge in [-0.25, -0.2) is 0 Å². The maximum atomic E-state index is 12.4. The van der Waals surface area contributed by atoms with Crippen molar-refractivity contribution >= 4 is 11.8 Å². The number of rotatable bonds is 13. The van der Waals surface area contributed by atoms with Gasteiger partial charge in [0.2, 0.25) is 0 Å². The smallest absolute Gasteiger partial charge is 0.306 e. The Morgan fingerprint density at radius 3 is 2.65 bits per heavy atom. The number of aryl methyl sites for hydroxylation is 1. The van der Waals surface area contributed by atoms with Crippen LogP contribution in [-0.4, -0.2) is 40.3 Å². The number of carbonyl (C=O) groups is 2. The molecule has 0 aliphatic heterocycles. The molecule has 1 aromatic carbocycles. The number of esters is 1. The van der Waals surface area contributed by atoms with Gasteiger partial charge in [0.05, 0.1) is 18.3 Å². The van der Waals surface area contributed by atoms with Crippen molar-refractivity contribution < 1.29 is 24.5 Å². The standard InChI is InChI=1S/C26H38O5/c1-19(2)31-26(30)13-9-4-3-8-12-22-23(25(29)18-24(22)28)17-16-21(27)15-14-20-10-6-5-7-11-20/h3,5-8,10-11,19,21-24,27-28H,4,9,12-18H2,1-2H3/t21?,22-,23-,24+/m1/s1. The fraction of sp³-hybridized carbons (Fsp3) is 0.615. The van der Waals surface area contributed by atoms with Gasteiger partial charge < -0.3 is 14.9 Å². The minimum absolute atomic E-state index is 0.0850. The van der Waals surface area contributed by atoms with E-state index in [1.54, 1.807) is 0 Å². The van der Waals surface area contributed by atoms with Crippen molar-refractivity contribution in [1.29, 1.82) is 0 Å². The van der Waals surface area contributed by atoms with Gasteiger partial charge in [-0.15, -0.1) is 0 Å². The van der Waals surface area contributed by atoms with Crippen LogP contribution in [0.15, 0.2) is 42.5 Å². The van der Waals surface area contributed by atoms with Gasteiger partial charge in [-0.05, 0) is 70.3 Å². The van der Waals surface area contributed by atoms with E-state index >= 15 is 0 Å². The van der Waals surface area contributed by atoms with E-state index in [1.807, 2.05) is 44.2 Å². The van der Waals surface area contributed by atoms with Crippen molar-refractivity contribution in [3.8, 4) is 0 Å². The number of aliphatic hydroxyl groups is 2. The minimum atomic E-state index is -0.607. The zero-order chi connectivity index (χ0) is 22.6. The van der Waals surface area contributed by atoms with Crippen LogP contribution in [0, 0.1) is 11.8 Å². The summed E-state index contributed by atoms with van der Waals surface area (Å²) in [5.74, 6) is -0.341. The van der Waals surface area contributed by atoms with Gasteiger partial charge >= 0.3 is 5.97 Å². The average Bonchev–Trinajstić information content (AvgIpc) is 3.00. The highest BCUT2D eigenvalue weighted by molar-refractivity contribution is 5.84. The molecule has 2 N–H and O–H groups in total. The Labute approximate surface area is 186 Å². The first-order valence-corrected chi connectivity index (χ1v) is 11.6. The van der Waals surface area contributed by atoms with Crippen LogP contribution in [0.4, 0.5) is 0 Å². The second-order valence-electron chi connectivity index (χ2n) is 8.90. The van der Waals surface area contributed by atoms with Crippen molar-refractivity contribution in [2.45, 2.75) is 89.9 Å². The third-order valence-electron chi connectivity index (χ3n) is 5.95. The van der Waals surface area contributed by atoms with Crippen molar-refractivity contribution in [3.05, 3.63) is 48.0 Å². The second kappa shape index (κ2) is 13.4. The number of unbranched alkanes of at least 4 members (excludes halogenated alkanes) is 1. The summed E-state index contributed by atoms with van der Waals surface area (Å²) in [6, 6.07) is 10.1. The molecule has 1 aliphatic rings. The Morgan fingerprint density at radius 1 is 1.19 bits per heavy atom. The van der Waals surface area contributed by atoms with Crippen LogP contribution >= 0.6 is 0 Å². The highest BCUT2D eigenvalue weighted by Crippen LogP contribution is 2.35. The van der Waals surface area contributed by atoms with E-state index in [0.717, 1.165) is 19.3 Å². The van der Waals surface area contributed by atoms with Crippen LogP contribution in [0.3, 0.4) is 0 Å². The molecular weight excluding hydrogens is 392 g/mol. The summed E-state index contributed by atoms with van der Waals surface area (Å²) < 4.78 is 5.11. The molecular formula is C26H38O5. The van der Waals surface area contributed by atoms with Crippen LogP contribution in [-0.2, 0) is 20.7 Å².